The summed E-state index contributed by atoms with van der Waals surface area (Å²) in [5.74, 6) is -0.674. The van der Waals surface area contributed by atoms with Crippen molar-refractivity contribution in [3.05, 3.63) is 82.3 Å². The van der Waals surface area contributed by atoms with E-state index in [9.17, 15) is 14.4 Å². The Morgan fingerprint density at radius 1 is 1.03 bits per heavy atom. The molecule has 2 N–H and O–H groups in total. The molecule has 0 spiro atoms. The van der Waals surface area contributed by atoms with Crippen LogP contribution in [0.1, 0.15) is 17.3 Å². The molecule has 4 rings (SSSR count). The van der Waals surface area contributed by atoms with Crippen molar-refractivity contribution in [2.75, 3.05) is 22.1 Å². The molecule has 33 heavy (non-hydrogen) atoms. The van der Waals surface area contributed by atoms with Crippen molar-refractivity contribution in [3.8, 4) is 5.75 Å². The van der Waals surface area contributed by atoms with Gasteiger partial charge in [0.1, 0.15) is 17.3 Å². The van der Waals surface area contributed by atoms with Crippen LogP contribution in [0.25, 0.3) is 0 Å². The molecule has 0 aliphatic carbocycles. The van der Waals surface area contributed by atoms with E-state index in [0.29, 0.717) is 33.4 Å². The van der Waals surface area contributed by atoms with Gasteiger partial charge in [-0.1, -0.05) is 41.4 Å². The summed E-state index contributed by atoms with van der Waals surface area (Å²) < 4.78 is 5.62. The first kappa shape index (κ1) is 22.6. The molecule has 0 aromatic heterocycles. The first-order valence-corrected chi connectivity index (χ1v) is 10.8. The second-order valence-electron chi connectivity index (χ2n) is 7.34. The Morgan fingerprint density at radius 2 is 1.76 bits per heavy atom. The molecule has 3 aromatic carbocycles. The molecular formula is C24H19Cl2N3O4. The number of amides is 3. The Bertz CT molecular complexity index is 1230. The van der Waals surface area contributed by atoms with Crippen LogP contribution in [0.3, 0.4) is 0 Å². The molecule has 0 fully saturated rings. The molecule has 1 aliphatic heterocycles. The summed E-state index contributed by atoms with van der Waals surface area (Å²) in [7, 11) is 0. The van der Waals surface area contributed by atoms with Gasteiger partial charge >= 0.3 is 0 Å². The molecule has 1 unspecified atom stereocenters. The van der Waals surface area contributed by atoms with E-state index in [1.165, 1.54) is 4.90 Å². The third-order valence-corrected chi connectivity index (χ3v) is 5.81. The molecule has 1 atom stereocenters. The molecule has 7 nitrogen and oxygen atoms in total. The monoisotopic (exact) mass is 483 g/mol. The summed E-state index contributed by atoms with van der Waals surface area (Å²) in [6.45, 7) is 1.51. The normalized spacial score (nSPS) is 13.5. The number of benzene rings is 3. The lowest BCUT2D eigenvalue weighted by molar-refractivity contribution is -0.122. The highest BCUT2D eigenvalue weighted by molar-refractivity contribution is 6.42. The van der Waals surface area contributed by atoms with Gasteiger partial charge in [-0.3, -0.25) is 19.3 Å². The molecular weight excluding hydrogens is 465 g/mol. The van der Waals surface area contributed by atoms with Crippen molar-refractivity contribution in [1.29, 1.82) is 0 Å². The minimum absolute atomic E-state index is 0.0742. The predicted octanol–water partition coefficient (Wildman–Crippen LogP) is 5.00. The average molecular weight is 484 g/mol. The van der Waals surface area contributed by atoms with E-state index in [1.54, 1.807) is 73.7 Å². The zero-order valence-electron chi connectivity index (χ0n) is 17.5. The van der Waals surface area contributed by atoms with Gasteiger partial charge in [-0.2, -0.15) is 0 Å². The molecule has 0 saturated carbocycles. The van der Waals surface area contributed by atoms with E-state index in [4.69, 9.17) is 27.9 Å². The standard InChI is InChI=1S/C24H19Cl2N3O4/c1-14(33-20-8-4-5-17(25)22(20)26)23(31)27-16-11-9-15(10-12-16)24(32)29-13-21(30)28-18-6-2-3-7-19(18)29/h2-12,14H,13H2,1H3,(H,27,31)(H,28,30). The summed E-state index contributed by atoms with van der Waals surface area (Å²) in [4.78, 5) is 39.0. The molecule has 0 saturated heterocycles. The first-order chi connectivity index (χ1) is 15.8. The summed E-state index contributed by atoms with van der Waals surface area (Å²) >= 11 is 12.1. The zero-order chi connectivity index (χ0) is 23.5. The third-order valence-electron chi connectivity index (χ3n) is 5.00. The van der Waals surface area contributed by atoms with Crippen LogP contribution in [0, 0.1) is 0 Å². The number of nitrogens with zero attached hydrogens (tertiary/aromatic N) is 1. The van der Waals surface area contributed by atoms with Gasteiger partial charge in [0, 0.05) is 11.3 Å². The van der Waals surface area contributed by atoms with Crippen molar-refractivity contribution >= 4 is 58.0 Å². The Morgan fingerprint density at radius 3 is 2.52 bits per heavy atom. The Kier molecular flexibility index (Phi) is 6.53. The van der Waals surface area contributed by atoms with E-state index < -0.39 is 12.0 Å². The topological polar surface area (TPSA) is 87.7 Å². The van der Waals surface area contributed by atoms with E-state index >= 15 is 0 Å². The number of fused-ring (bicyclic) bond motifs is 1. The van der Waals surface area contributed by atoms with Crippen LogP contribution in [-0.4, -0.2) is 30.4 Å². The van der Waals surface area contributed by atoms with Gasteiger partial charge in [0.2, 0.25) is 5.91 Å². The molecule has 9 heteroatoms. The number of carbonyl (C=O) groups is 3. The number of carbonyl (C=O) groups excluding carboxylic acids is 3. The van der Waals surface area contributed by atoms with E-state index in [0.717, 1.165) is 0 Å². The fourth-order valence-corrected chi connectivity index (χ4v) is 3.67. The van der Waals surface area contributed by atoms with E-state index in [1.807, 2.05) is 0 Å². The summed E-state index contributed by atoms with van der Waals surface area (Å²) in [6, 6.07) is 18.4. The fraction of sp³-hybridized carbons (Fsp3) is 0.125. The quantitative estimate of drug-likeness (QED) is 0.534. The number of hydrogen-bond donors (Lipinski definition) is 2. The summed E-state index contributed by atoms with van der Waals surface area (Å²) in [5, 5.41) is 6.05. The number of rotatable bonds is 5. The van der Waals surface area contributed by atoms with E-state index in [2.05, 4.69) is 10.6 Å². The van der Waals surface area contributed by atoms with Crippen molar-refractivity contribution < 1.29 is 19.1 Å². The van der Waals surface area contributed by atoms with Crippen molar-refractivity contribution in [1.82, 2.24) is 0 Å². The van der Waals surface area contributed by atoms with Crippen molar-refractivity contribution in [2.45, 2.75) is 13.0 Å². The van der Waals surface area contributed by atoms with Gasteiger partial charge in [0.25, 0.3) is 11.8 Å². The maximum absolute atomic E-state index is 13.0. The number of hydrogen-bond acceptors (Lipinski definition) is 4. The SMILES string of the molecule is CC(Oc1cccc(Cl)c1Cl)C(=O)Nc1ccc(C(=O)N2CC(=O)Nc3ccccc32)cc1. The minimum Gasteiger partial charge on any atom is -0.479 e. The van der Waals surface area contributed by atoms with Gasteiger partial charge in [-0.05, 0) is 55.5 Å². The van der Waals surface area contributed by atoms with Crippen LogP contribution in [0.5, 0.6) is 5.75 Å². The number of ether oxygens (including phenoxy) is 1. The lowest BCUT2D eigenvalue weighted by Crippen LogP contribution is -2.42. The minimum atomic E-state index is -0.842. The van der Waals surface area contributed by atoms with Crippen molar-refractivity contribution in [2.24, 2.45) is 0 Å². The predicted molar refractivity (Wildman–Crippen MR) is 128 cm³/mol. The van der Waals surface area contributed by atoms with Crippen LogP contribution in [0.2, 0.25) is 10.0 Å². The highest BCUT2D eigenvalue weighted by Crippen LogP contribution is 2.32. The highest BCUT2D eigenvalue weighted by Gasteiger charge is 2.27. The molecule has 1 heterocycles. The third kappa shape index (κ3) is 4.94. The van der Waals surface area contributed by atoms with Crippen LogP contribution in [0.15, 0.2) is 66.7 Å². The lowest BCUT2D eigenvalue weighted by Gasteiger charge is -2.29. The maximum Gasteiger partial charge on any atom is 0.265 e. The van der Waals surface area contributed by atoms with Gasteiger partial charge in [-0.15, -0.1) is 0 Å². The van der Waals surface area contributed by atoms with E-state index in [-0.39, 0.29) is 23.4 Å². The number of nitrogens with one attached hydrogen (secondary N) is 2. The average Bonchev–Trinajstić information content (AvgIpc) is 2.81. The molecule has 3 aromatic rings. The Hall–Kier alpha value is -3.55. The van der Waals surface area contributed by atoms with Gasteiger partial charge < -0.3 is 15.4 Å². The van der Waals surface area contributed by atoms with Crippen LogP contribution < -0.4 is 20.3 Å². The number of halogens is 2. The fourth-order valence-electron chi connectivity index (χ4n) is 3.33. The maximum atomic E-state index is 13.0. The molecule has 1 aliphatic rings. The van der Waals surface area contributed by atoms with Crippen molar-refractivity contribution in [3.63, 3.8) is 0 Å². The first-order valence-electron chi connectivity index (χ1n) is 10.1. The Labute approximate surface area is 200 Å². The smallest absolute Gasteiger partial charge is 0.265 e. The summed E-state index contributed by atoms with van der Waals surface area (Å²) in [6.07, 6.45) is -0.842. The molecule has 0 bridgehead atoms. The van der Waals surface area contributed by atoms with Crippen LogP contribution in [0.4, 0.5) is 17.1 Å². The van der Waals surface area contributed by atoms with Gasteiger partial charge in [-0.25, -0.2) is 0 Å². The second-order valence-corrected chi connectivity index (χ2v) is 8.12. The van der Waals surface area contributed by atoms with Gasteiger partial charge in [0.05, 0.1) is 16.4 Å². The van der Waals surface area contributed by atoms with Crippen LogP contribution >= 0.6 is 23.2 Å². The molecule has 3 amide bonds. The van der Waals surface area contributed by atoms with Gasteiger partial charge in [0.15, 0.2) is 6.10 Å². The zero-order valence-corrected chi connectivity index (χ0v) is 19.0. The second kappa shape index (κ2) is 9.52. The lowest BCUT2D eigenvalue weighted by atomic mass is 10.1. The summed E-state index contributed by atoms with van der Waals surface area (Å²) in [5.41, 5.74) is 2.08. The Balaban J connectivity index is 1.43. The highest BCUT2D eigenvalue weighted by atomic mass is 35.5. The largest absolute Gasteiger partial charge is 0.479 e. The van der Waals surface area contributed by atoms with Crippen LogP contribution in [-0.2, 0) is 9.59 Å². The number of para-hydroxylation sites is 2. The molecule has 168 valence electrons. The number of anilines is 3. The molecule has 0 radical (unpaired) electrons.